The number of hydrogen-bond donors (Lipinski definition) is 1. The maximum Gasteiger partial charge on any atom is 0.309 e. The molecule has 0 aliphatic carbocycles. The summed E-state index contributed by atoms with van der Waals surface area (Å²) in [7, 11) is 0. The summed E-state index contributed by atoms with van der Waals surface area (Å²) in [4.78, 5) is 15.0. The molecule has 0 saturated heterocycles. The van der Waals surface area contributed by atoms with Gasteiger partial charge in [0.25, 0.3) is 0 Å². The van der Waals surface area contributed by atoms with Crippen LogP contribution in [0.2, 0.25) is 0 Å². The van der Waals surface area contributed by atoms with Gasteiger partial charge < -0.3 is 5.11 Å². The molecule has 0 unspecified atom stereocenters. The standard InChI is InChI=1S/C14H15NO2S/c1-8-4-10(3)12(5-9(8)2)14-15-11(7-18-14)6-13(16)17/h4-5,7H,6H2,1-3H3,(H,16,17). The molecule has 4 heteroatoms. The molecule has 0 atom stereocenters. The molecule has 1 N–H and O–H groups in total. The van der Waals surface area contributed by atoms with Gasteiger partial charge in [-0.1, -0.05) is 6.07 Å². The number of carboxylic acid groups (broad SMARTS) is 1. The molecule has 2 aromatic rings. The zero-order valence-electron chi connectivity index (χ0n) is 10.7. The molecule has 18 heavy (non-hydrogen) atoms. The fourth-order valence-corrected chi connectivity index (χ4v) is 2.76. The smallest absolute Gasteiger partial charge is 0.309 e. The number of aryl methyl sites for hydroxylation is 3. The van der Waals surface area contributed by atoms with Gasteiger partial charge in [-0.25, -0.2) is 4.98 Å². The van der Waals surface area contributed by atoms with Crippen molar-refractivity contribution >= 4 is 17.3 Å². The summed E-state index contributed by atoms with van der Waals surface area (Å²) in [6, 6.07) is 4.26. The van der Waals surface area contributed by atoms with Crippen LogP contribution >= 0.6 is 11.3 Å². The van der Waals surface area contributed by atoms with Crippen molar-refractivity contribution in [3.63, 3.8) is 0 Å². The molecule has 0 fully saturated rings. The minimum Gasteiger partial charge on any atom is -0.481 e. The summed E-state index contributed by atoms with van der Waals surface area (Å²) in [6.07, 6.45) is -0.0135. The average molecular weight is 261 g/mol. The Morgan fingerprint density at radius 1 is 1.22 bits per heavy atom. The highest BCUT2D eigenvalue weighted by atomic mass is 32.1. The van der Waals surface area contributed by atoms with Gasteiger partial charge in [-0.2, -0.15) is 0 Å². The Morgan fingerprint density at radius 2 is 1.89 bits per heavy atom. The summed E-state index contributed by atoms with van der Waals surface area (Å²) in [6.45, 7) is 6.22. The predicted molar refractivity (Wildman–Crippen MR) is 73.1 cm³/mol. The summed E-state index contributed by atoms with van der Waals surface area (Å²) >= 11 is 1.50. The van der Waals surface area contributed by atoms with E-state index in [1.807, 2.05) is 5.38 Å². The topological polar surface area (TPSA) is 50.2 Å². The molecule has 0 amide bonds. The fraction of sp³-hybridized carbons (Fsp3) is 0.286. The van der Waals surface area contributed by atoms with Gasteiger partial charge >= 0.3 is 5.97 Å². The second kappa shape index (κ2) is 4.90. The van der Waals surface area contributed by atoms with Crippen molar-refractivity contribution in [2.24, 2.45) is 0 Å². The summed E-state index contributed by atoms with van der Waals surface area (Å²) in [5.41, 5.74) is 5.39. The number of aliphatic carboxylic acids is 1. The quantitative estimate of drug-likeness (QED) is 0.921. The molecule has 2 rings (SSSR count). The lowest BCUT2D eigenvalue weighted by Gasteiger charge is -2.07. The molecule has 1 aromatic heterocycles. The molecule has 0 saturated carbocycles. The van der Waals surface area contributed by atoms with Crippen LogP contribution in [0.5, 0.6) is 0 Å². The minimum absolute atomic E-state index is 0.0135. The lowest BCUT2D eigenvalue weighted by molar-refractivity contribution is -0.136. The highest BCUT2D eigenvalue weighted by molar-refractivity contribution is 7.13. The molecule has 1 heterocycles. The monoisotopic (exact) mass is 261 g/mol. The van der Waals surface area contributed by atoms with E-state index in [0.29, 0.717) is 5.69 Å². The maximum absolute atomic E-state index is 10.6. The van der Waals surface area contributed by atoms with Crippen molar-refractivity contribution in [3.8, 4) is 10.6 Å². The number of benzene rings is 1. The van der Waals surface area contributed by atoms with Gasteiger partial charge in [-0.15, -0.1) is 11.3 Å². The van der Waals surface area contributed by atoms with E-state index in [1.54, 1.807) is 0 Å². The van der Waals surface area contributed by atoms with E-state index in [-0.39, 0.29) is 6.42 Å². The van der Waals surface area contributed by atoms with Gasteiger partial charge in [0.15, 0.2) is 0 Å². The second-order valence-electron chi connectivity index (χ2n) is 4.47. The number of nitrogens with zero attached hydrogens (tertiary/aromatic N) is 1. The Kier molecular flexibility index (Phi) is 3.48. The number of rotatable bonds is 3. The van der Waals surface area contributed by atoms with Crippen LogP contribution in [0.25, 0.3) is 10.6 Å². The third kappa shape index (κ3) is 2.59. The van der Waals surface area contributed by atoms with E-state index < -0.39 is 5.97 Å². The molecule has 0 aliphatic rings. The first kappa shape index (κ1) is 12.8. The summed E-state index contributed by atoms with van der Waals surface area (Å²) in [5, 5.41) is 11.5. The van der Waals surface area contributed by atoms with Crippen molar-refractivity contribution in [2.75, 3.05) is 0 Å². The van der Waals surface area contributed by atoms with Crippen LogP contribution in [-0.4, -0.2) is 16.1 Å². The van der Waals surface area contributed by atoms with E-state index in [0.717, 1.165) is 10.6 Å². The second-order valence-corrected chi connectivity index (χ2v) is 5.32. The van der Waals surface area contributed by atoms with E-state index in [1.165, 1.54) is 28.0 Å². The SMILES string of the molecule is Cc1cc(C)c(-c2nc(CC(=O)O)cs2)cc1C. The number of hydrogen-bond acceptors (Lipinski definition) is 3. The van der Waals surface area contributed by atoms with E-state index >= 15 is 0 Å². The largest absolute Gasteiger partial charge is 0.481 e. The van der Waals surface area contributed by atoms with Gasteiger partial charge in [-0.05, 0) is 43.5 Å². The van der Waals surface area contributed by atoms with Gasteiger partial charge in [0.1, 0.15) is 5.01 Å². The summed E-state index contributed by atoms with van der Waals surface area (Å²) in [5.74, 6) is -0.844. The highest BCUT2D eigenvalue weighted by Gasteiger charge is 2.10. The molecular weight excluding hydrogens is 246 g/mol. The van der Waals surface area contributed by atoms with Gasteiger partial charge in [0.2, 0.25) is 0 Å². The van der Waals surface area contributed by atoms with Crippen LogP contribution in [0.1, 0.15) is 22.4 Å². The average Bonchev–Trinajstić information content (AvgIpc) is 2.70. The van der Waals surface area contributed by atoms with Gasteiger partial charge in [0.05, 0.1) is 12.1 Å². The van der Waals surface area contributed by atoms with Crippen molar-refractivity contribution in [3.05, 3.63) is 39.9 Å². The van der Waals surface area contributed by atoms with Gasteiger partial charge in [-0.3, -0.25) is 4.79 Å². The van der Waals surface area contributed by atoms with Crippen LogP contribution < -0.4 is 0 Å². The van der Waals surface area contributed by atoms with Crippen LogP contribution in [0.3, 0.4) is 0 Å². The number of thiazole rings is 1. The molecule has 0 spiro atoms. The first-order chi connectivity index (χ1) is 8.47. The van der Waals surface area contributed by atoms with E-state index in [4.69, 9.17) is 5.11 Å². The summed E-state index contributed by atoms with van der Waals surface area (Å²) < 4.78 is 0. The molecule has 3 nitrogen and oxygen atoms in total. The van der Waals surface area contributed by atoms with Crippen LogP contribution in [0.4, 0.5) is 0 Å². The van der Waals surface area contributed by atoms with Crippen molar-refractivity contribution in [1.29, 1.82) is 0 Å². The van der Waals surface area contributed by atoms with Crippen molar-refractivity contribution < 1.29 is 9.90 Å². The molecule has 1 aromatic carbocycles. The Labute approximate surface area is 110 Å². The Bertz CT molecular complexity index is 602. The molecule has 94 valence electrons. The molecule has 0 bridgehead atoms. The van der Waals surface area contributed by atoms with E-state index in [2.05, 4.69) is 37.9 Å². The number of carbonyl (C=O) groups is 1. The normalized spacial score (nSPS) is 10.6. The molecular formula is C14H15NO2S. The lowest BCUT2D eigenvalue weighted by Crippen LogP contribution is -2.00. The molecule has 0 aliphatic heterocycles. The van der Waals surface area contributed by atoms with Crippen LogP contribution in [0.15, 0.2) is 17.5 Å². The first-order valence-electron chi connectivity index (χ1n) is 5.72. The van der Waals surface area contributed by atoms with E-state index in [9.17, 15) is 4.79 Å². The van der Waals surface area contributed by atoms with Crippen molar-refractivity contribution in [2.45, 2.75) is 27.2 Å². The third-order valence-electron chi connectivity index (χ3n) is 2.96. The predicted octanol–water partition coefficient (Wildman–Crippen LogP) is 3.36. The highest BCUT2D eigenvalue weighted by Crippen LogP contribution is 2.29. The van der Waals surface area contributed by atoms with Gasteiger partial charge in [0, 0.05) is 10.9 Å². The Morgan fingerprint density at radius 3 is 2.56 bits per heavy atom. The lowest BCUT2D eigenvalue weighted by atomic mass is 10.0. The third-order valence-corrected chi connectivity index (χ3v) is 3.88. The Hall–Kier alpha value is -1.68. The number of aromatic nitrogens is 1. The maximum atomic E-state index is 10.6. The first-order valence-corrected chi connectivity index (χ1v) is 6.59. The fourth-order valence-electron chi connectivity index (χ4n) is 1.86. The Balaban J connectivity index is 2.40. The number of carboxylic acids is 1. The zero-order chi connectivity index (χ0) is 13.3. The van der Waals surface area contributed by atoms with Crippen LogP contribution in [0, 0.1) is 20.8 Å². The molecule has 0 radical (unpaired) electrons. The van der Waals surface area contributed by atoms with Crippen molar-refractivity contribution in [1.82, 2.24) is 4.98 Å². The minimum atomic E-state index is -0.844. The zero-order valence-corrected chi connectivity index (χ0v) is 11.5. The van der Waals surface area contributed by atoms with Crippen LogP contribution in [-0.2, 0) is 11.2 Å².